The summed E-state index contributed by atoms with van der Waals surface area (Å²) in [6.07, 6.45) is 8.93. The number of imidazole rings is 1. The van der Waals surface area contributed by atoms with Crippen LogP contribution in [0, 0.1) is 6.92 Å². The van der Waals surface area contributed by atoms with E-state index in [0.29, 0.717) is 44.6 Å². The van der Waals surface area contributed by atoms with Crippen molar-refractivity contribution in [1.82, 2.24) is 22.9 Å². The van der Waals surface area contributed by atoms with E-state index in [4.69, 9.17) is 9.72 Å². The second-order valence-corrected chi connectivity index (χ2v) is 12.7. The Kier molecular flexibility index (Phi) is 6.09. The zero-order valence-electron chi connectivity index (χ0n) is 23.2. The van der Waals surface area contributed by atoms with Crippen molar-refractivity contribution in [3.63, 3.8) is 0 Å². The number of carboxylic acid groups (broad SMARTS) is 1. The Morgan fingerprint density at radius 1 is 1.00 bits per heavy atom. The van der Waals surface area contributed by atoms with Crippen LogP contribution in [0.15, 0.2) is 72.0 Å². The lowest BCUT2D eigenvalue weighted by Gasteiger charge is -2.20. The summed E-state index contributed by atoms with van der Waals surface area (Å²) < 4.78 is 37.2. The average molecular weight is 584 g/mol. The van der Waals surface area contributed by atoms with Crippen LogP contribution < -0.4 is 4.74 Å². The van der Waals surface area contributed by atoms with Crippen molar-refractivity contribution in [3.05, 3.63) is 78.5 Å². The molecule has 1 aliphatic rings. The maximum absolute atomic E-state index is 13.7. The lowest BCUT2D eigenvalue weighted by molar-refractivity contribution is 0.197. The van der Waals surface area contributed by atoms with Gasteiger partial charge < -0.3 is 9.84 Å². The molecule has 4 aromatic heterocycles. The molecule has 0 aliphatic heterocycles. The van der Waals surface area contributed by atoms with Gasteiger partial charge in [0.25, 0.3) is 10.0 Å². The lowest BCUT2D eigenvalue weighted by Crippen LogP contribution is -2.13. The molecule has 7 rings (SSSR count). The van der Waals surface area contributed by atoms with Crippen molar-refractivity contribution in [3.8, 4) is 17.0 Å². The first-order valence-electron chi connectivity index (χ1n) is 13.9. The number of benzene rings is 2. The normalized spacial score (nSPS) is 14.7. The molecule has 0 atom stereocenters. The van der Waals surface area contributed by atoms with Gasteiger partial charge in [-0.05, 0) is 56.2 Å². The smallest absolute Gasteiger partial charge is 0.416 e. The quantitative estimate of drug-likeness (QED) is 0.248. The van der Waals surface area contributed by atoms with Crippen LogP contribution in [0.1, 0.15) is 49.4 Å². The number of carbonyl (C=O) groups is 1. The minimum Gasteiger partial charge on any atom is -0.497 e. The number of fused-ring (bicyclic) bond motifs is 4. The summed E-state index contributed by atoms with van der Waals surface area (Å²) in [6, 6.07) is 13.8. The SMILES string of the molecule is COc1ccc2c(c1)c(-c1nc(C3CCCCC3)n3c1cnc1c3ccn1S(=O)(=O)c1ccc(C)cc1)cn2C(=O)O. The van der Waals surface area contributed by atoms with E-state index in [0.717, 1.165) is 37.1 Å². The van der Waals surface area contributed by atoms with Gasteiger partial charge in [-0.1, -0.05) is 37.0 Å². The van der Waals surface area contributed by atoms with Crippen molar-refractivity contribution in [2.75, 3.05) is 7.11 Å². The summed E-state index contributed by atoms with van der Waals surface area (Å²) in [5.74, 6) is 1.60. The molecule has 1 N–H and O–H groups in total. The number of hydrogen-bond acceptors (Lipinski definition) is 6. The molecule has 42 heavy (non-hydrogen) atoms. The first kappa shape index (κ1) is 26.3. The highest BCUT2D eigenvalue weighted by Gasteiger charge is 2.28. The van der Waals surface area contributed by atoms with E-state index in [1.165, 1.54) is 21.2 Å². The van der Waals surface area contributed by atoms with Crippen molar-refractivity contribution >= 4 is 43.7 Å². The number of hydrogen-bond donors (Lipinski definition) is 1. The van der Waals surface area contributed by atoms with Crippen molar-refractivity contribution in [2.45, 2.75) is 49.8 Å². The Morgan fingerprint density at radius 2 is 1.76 bits per heavy atom. The van der Waals surface area contributed by atoms with Gasteiger partial charge in [0.15, 0.2) is 5.65 Å². The third-order valence-electron chi connectivity index (χ3n) is 8.32. The van der Waals surface area contributed by atoms with Gasteiger partial charge in [-0.25, -0.2) is 27.2 Å². The third kappa shape index (κ3) is 3.98. The molecule has 1 aliphatic carbocycles. The van der Waals surface area contributed by atoms with Gasteiger partial charge in [0.2, 0.25) is 0 Å². The van der Waals surface area contributed by atoms with Crippen LogP contribution in [0.3, 0.4) is 0 Å². The highest BCUT2D eigenvalue weighted by atomic mass is 32.2. The predicted octanol–water partition coefficient (Wildman–Crippen LogP) is 6.43. The third-order valence-corrected chi connectivity index (χ3v) is 10.00. The maximum Gasteiger partial charge on any atom is 0.416 e. The Hall–Kier alpha value is -4.64. The van der Waals surface area contributed by atoms with Gasteiger partial charge in [0.1, 0.15) is 17.3 Å². The van der Waals surface area contributed by atoms with Crippen LogP contribution in [-0.2, 0) is 10.0 Å². The molecule has 1 fully saturated rings. The van der Waals surface area contributed by atoms with E-state index in [2.05, 4.69) is 4.98 Å². The molecule has 214 valence electrons. The molecule has 0 saturated heterocycles. The van der Waals surface area contributed by atoms with E-state index < -0.39 is 16.1 Å². The number of aromatic nitrogens is 5. The molecule has 10 nitrogen and oxygen atoms in total. The molecule has 1 saturated carbocycles. The predicted molar refractivity (Wildman–Crippen MR) is 159 cm³/mol. The first-order valence-corrected chi connectivity index (χ1v) is 15.4. The van der Waals surface area contributed by atoms with Crippen molar-refractivity contribution in [2.24, 2.45) is 0 Å². The average Bonchev–Trinajstić information content (AvgIpc) is 3.71. The molecule has 0 unspecified atom stereocenters. The number of rotatable bonds is 5. The fraction of sp³-hybridized carbons (Fsp3) is 0.258. The molecular formula is C31H29N5O5S. The number of ether oxygens (including phenoxy) is 1. The van der Waals surface area contributed by atoms with Crippen molar-refractivity contribution < 1.29 is 23.1 Å². The fourth-order valence-electron chi connectivity index (χ4n) is 6.17. The molecule has 0 spiro atoms. The second kappa shape index (κ2) is 9.73. The van der Waals surface area contributed by atoms with Crippen LogP contribution in [0.4, 0.5) is 4.79 Å². The van der Waals surface area contributed by atoms with E-state index in [1.807, 2.05) is 17.4 Å². The summed E-state index contributed by atoms with van der Waals surface area (Å²) in [7, 11) is -2.33. The van der Waals surface area contributed by atoms with Gasteiger partial charge in [-0.2, -0.15) is 0 Å². The number of nitrogens with zero attached hydrogens (tertiary/aromatic N) is 5. The van der Waals surface area contributed by atoms with Gasteiger partial charge in [0, 0.05) is 29.3 Å². The number of aryl methyl sites for hydroxylation is 1. The van der Waals surface area contributed by atoms with Crippen molar-refractivity contribution in [1.29, 1.82) is 0 Å². The summed E-state index contributed by atoms with van der Waals surface area (Å²) in [5, 5.41) is 10.6. The second-order valence-electron chi connectivity index (χ2n) is 10.8. The fourth-order valence-corrected chi connectivity index (χ4v) is 7.47. The summed E-state index contributed by atoms with van der Waals surface area (Å²) in [4.78, 5) is 22.2. The molecule has 11 heteroatoms. The molecular weight excluding hydrogens is 554 g/mol. The van der Waals surface area contributed by atoms with E-state index >= 15 is 0 Å². The van der Waals surface area contributed by atoms with Crippen LogP contribution >= 0.6 is 0 Å². The highest BCUT2D eigenvalue weighted by Crippen LogP contribution is 2.40. The van der Waals surface area contributed by atoms with E-state index in [9.17, 15) is 18.3 Å². The number of methoxy groups -OCH3 is 1. The standard InChI is InChI=1S/C31H29N5O5S/c1-19-8-11-22(12-9-19)42(39,40)35-15-14-26-30(35)32-17-27-28(33-29(36(26)27)20-6-4-3-5-7-20)24-18-34(31(37)38)25-13-10-21(41-2)16-23(24)25/h8-18,20H,3-7H2,1-2H3,(H,37,38). The largest absolute Gasteiger partial charge is 0.497 e. The van der Waals surface area contributed by atoms with Crippen LogP contribution in [-0.4, -0.2) is 49.6 Å². The summed E-state index contributed by atoms with van der Waals surface area (Å²) in [5.41, 5.74) is 4.33. The first-order chi connectivity index (χ1) is 20.3. The molecule has 6 aromatic rings. The van der Waals surface area contributed by atoms with E-state index in [-0.39, 0.29) is 10.8 Å². The maximum atomic E-state index is 13.7. The van der Waals surface area contributed by atoms with Gasteiger partial charge >= 0.3 is 6.09 Å². The Balaban J connectivity index is 1.51. The highest BCUT2D eigenvalue weighted by molar-refractivity contribution is 7.90. The minimum atomic E-state index is -3.90. The summed E-state index contributed by atoms with van der Waals surface area (Å²) >= 11 is 0. The molecule has 0 amide bonds. The van der Waals surface area contributed by atoms with Gasteiger partial charge in [-0.15, -0.1) is 0 Å². The van der Waals surface area contributed by atoms with Crippen LogP contribution in [0.25, 0.3) is 38.8 Å². The minimum absolute atomic E-state index is 0.171. The van der Waals surface area contributed by atoms with Gasteiger partial charge in [0.05, 0.1) is 34.8 Å². The van der Waals surface area contributed by atoms with Crippen LogP contribution in [0.2, 0.25) is 0 Å². The lowest BCUT2D eigenvalue weighted by atomic mass is 9.89. The monoisotopic (exact) mass is 583 g/mol. The van der Waals surface area contributed by atoms with E-state index in [1.54, 1.807) is 62.0 Å². The topological polar surface area (TPSA) is 121 Å². The summed E-state index contributed by atoms with van der Waals surface area (Å²) in [6.45, 7) is 1.91. The Labute approximate surface area is 241 Å². The van der Waals surface area contributed by atoms with Crippen LogP contribution in [0.5, 0.6) is 5.75 Å². The Morgan fingerprint density at radius 3 is 2.48 bits per heavy atom. The molecule has 0 bridgehead atoms. The zero-order valence-corrected chi connectivity index (χ0v) is 24.0. The molecule has 4 heterocycles. The van der Waals surface area contributed by atoms with Gasteiger partial charge in [-0.3, -0.25) is 8.97 Å². The molecule has 0 radical (unpaired) electrons. The Bertz CT molecular complexity index is 2120. The zero-order chi connectivity index (χ0) is 29.2. The molecule has 2 aromatic carbocycles.